The van der Waals surface area contributed by atoms with E-state index < -0.39 is 0 Å². The Labute approximate surface area is 100 Å². The zero-order valence-corrected chi connectivity index (χ0v) is 10.8. The molecule has 2 rings (SSSR count). The first-order valence-corrected chi connectivity index (χ1v) is 6.13. The lowest BCUT2D eigenvalue weighted by Crippen LogP contribution is -1.79. The van der Waals surface area contributed by atoms with E-state index in [-0.39, 0.29) is 0 Å². The molecule has 0 bridgehead atoms. The molecule has 16 heavy (non-hydrogen) atoms. The minimum absolute atomic E-state index is 1.03. The van der Waals surface area contributed by atoms with Gasteiger partial charge in [0.2, 0.25) is 0 Å². The van der Waals surface area contributed by atoms with Gasteiger partial charge in [0.1, 0.15) is 0 Å². The molecule has 0 aromatic heterocycles. The van der Waals surface area contributed by atoms with Gasteiger partial charge in [-0.3, -0.25) is 0 Å². The summed E-state index contributed by atoms with van der Waals surface area (Å²) in [6.45, 7) is 8.00. The lowest BCUT2D eigenvalue weighted by atomic mass is 10.1. The van der Waals surface area contributed by atoms with Gasteiger partial charge in [-0.25, -0.2) is 0 Å². The maximum Gasteiger partial charge on any atom is -0.0162 e. The molecule has 0 saturated carbocycles. The molecular formula is C16H22. The van der Waals surface area contributed by atoms with Gasteiger partial charge in [0, 0.05) is 0 Å². The molecule has 0 radical (unpaired) electrons. The third-order valence-electron chi connectivity index (χ3n) is 1.92. The fourth-order valence-electron chi connectivity index (χ4n) is 1.30. The average Bonchev–Trinajstić information content (AvgIpc) is 2.70. The molecule has 2 aliphatic rings. The molecule has 0 aromatic rings. The van der Waals surface area contributed by atoms with Crippen molar-refractivity contribution in [3.8, 4) is 0 Å². The monoisotopic (exact) mass is 214 g/mol. The van der Waals surface area contributed by atoms with Crippen LogP contribution in [0.25, 0.3) is 0 Å². The Morgan fingerprint density at radius 1 is 0.812 bits per heavy atom. The second-order valence-electron chi connectivity index (χ2n) is 2.78. The van der Waals surface area contributed by atoms with Crippen LogP contribution >= 0.6 is 0 Å². The Balaban J connectivity index is 0.000000509. The van der Waals surface area contributed by atoms with Crippen LogP contribution in [0.3, 0.4) is 0 Å². The van der Waals surface area contributed by atoms with E-state index in [1.54, 1.807) is 0 Å². The van der Waals surface area contributed by atoms with Gasteiger partial charge in [-0.2, -0.15) is 0 Å². The number of hydrogen-bond acceptors (Lipinski definition) is 0. The zero-order valence-electron chi connectivity index (χ0n) is 10.8. The van der Waals surface area contributed by atoms with Gasteiger partial charge in [-0.05, 0) is 41.9 Å². The van der Waals surface area contributed by atoms with Crippen molar-refractivity contribution in [1.82, 2.24) is 0 Å². The Morgan fingerprint density at radius 2 is 1.25 bits per heavy atom. The van der Waals surface area contributed by atoms with E-state index in [1.165, 1.54) is 11.1 Å². The smallest absolute Gasteiger partial charge is 0.0162 e. The quantitative estimate of drug-likeness (QED) is 0.490. The first-order chi connectivity index (χ1) is 7.97. The first kappa shape index (κ1) is 14.5. The van der Waals surface area contributed by atoms with E-state index in [1.807, 2.05) is 39.8 Å². The number of rotatable bonds is 0. The van der Waals surface area contributed by atoms with Crippen molar-refractivity contribution >= 4 is 0 Å². The zero-order chi connectivity index (χ0) is 12.2. The maximum absolute atomic E-state index is 3.05. The molecule has 0 atom stereocenters. The summed E-state index contributed by atoms with van der Waals surface area (Å²) in [5.74, 6) is 0. The predicted octanol–water partition coefficient (Wildman–Crippen LogP) is 5.13. The highest BCUT2D eigenvalue weighted by Crippen LogP contribution is 2.18. The highest BCUT2D eigenvalue weighted by Gasteiger charge is 1.99. The molecule has 0 unspecified atom stereocenters. The second-order valence-corrected chi connectivity index (χ2v) is 2.78. The Bertz CT molecular complexity index is 321. The molecule has 0 N–H and O–H groups in total. The van der Waals surface area contributed by atoms with Crippen molar-refractivity contribution in [2.45, 2.75) is 34.1 Å². The topological polar surface area (TPSA) is 0 Å². The molecule has 0 fully saturated rings. The van der Waals surface area contributed by atoms with E-state index in [2.05, 4.69) is 42.2 Å². The highest BCUT2D eigenvalue weighted by molar-refractivity contribution is 5.51. The lowest BCUT2D eigenvalue weighted by Gasteiger charge is -1.97. The average molecular weight is 214 g/mol. The normalized spacial score (nSPS) is 15.2. The van der Waals surface area contributed by atoms with Crippen LogP contribution in [0.15, 0.2) is 65.5 Å². The molecular weight excluding hydrogens is 192 g/mol. The van der Waals surface area contributed by atoms with Crippen molar-refractivity contribution in [2.75, 3.05) is 0 Å². The van der Waals surface area contributed by atoms with Crippen molar-refractivity contribution in [2.24, 2.45) is 0 Å². The summed E-state index contributed by atoms with van der Waals surface area (Å²) in [6, 6.07) is 0. The number of allylic oxidation sites excluding steroid dienone is 9. The molecule has 0 heteroatoms. The number of hydrogen-bond donors (Lipinski definition) is 0. The summed E-state index contributed by atoms with van der Waals surface area (Å²) >= 11 is 0. The van der Waals surface area contributed by atoms with E-state index >= 15 is 0 Å². The standard InChI is InChI=1S/C12H10.2C2H6/c1-3-7-11-9-5-2-6-10-12(11)8-4-1;2*1-2/h3-10H,1H2;2*1-2H3. The predicted molar refractivity (Wildman–Crippen MR) is 74.4 cm³/mol. The molecule has 0 aliphatic heterocycles. The van der Waals surface area contributed by atoms with Crippen molar-refractivity contribution in [3.63, 3.8) is 0 Å². The summed E-state index contributed by atoms with van der Waals surface area (Å²) in [5, 5.41) is 0. The molecule has 0 amide bonds. The van der Waals surface area contributed by atoms with Crippen LogP contribution in [-0.2, 0) is 0 Å². The van der Waals surface area contributed by atoms with Crippen LogP contribution in [0.2, 0.25) is 0 Å². The highest BCUT2D eigenvalue weighted by atomic mass is 14.0. The largest absolute Gasteiger partial charge is 0.121 e. The second kappa shape index (κ2) is 10.0. The van der Waals surface area contributed by atoms with E-state index in [0.717, 1.165) is 6.42 Å². The molecule has 0 spiro atoms. The molecule has 2 aliphatic carbocycles. The van der Waals surface area contributed by atoms with Gasteiger partial charge in [0.05, 0.1) is 0 Å². The van der Waals surface area contributed by atoms with Crippen LogP contribution in [0.1, 0.15) is 34.1 Å². The number of fused-ring (bicyclic) bond motifs is 1. The fourth-order valence-corrected chi connectivity index (χ4v) is 1.30. The molecule has 0 heterocycles. The van der Waals surface area contributed by atoms with Gasteiger partial charge >= 0.3 is 0 Å². The van der Waals surface area contributed by atoms with Crippen molar-refractivity contribution < 1.29 is 0 Å². The first-order valence-electron chi connectivity index (χ1n) is 6.13. The fraction of sp³-hybridized carbons (Fsp3) is 0.312. The van der Waals surface area contributed by atoms with Crippen LogP contribution in [0.4, 0.5) is 0 Å². The lowest BCUT2D eigenvalue weighted by molar-refractivity contribution is 1.41. The van der Waals surface area contributed by atoms with Crippen LogP contribution in [0.5, 0.6) is 0 Å². The van der Waals surface area contributed by atoms with Gasteiger partial charge < -0.3 is 0 Å². The van der Waals surface area contributed by atoms with Gasteiger partial charge in [-0.1, -0.05) is 52.0 Å². The van der Waals surface area contributed by atoms with Gasteiger partial charge in [0.25, 0.3) is 0 Å². The summed E-state index contributed by atoms with van der Waals surface area (Å²) in [4.78, 5) is 0. The molecule has 0 aromatic carbocycles. The summed E-state index contributed by atoms with van der Waals surface area (Å²) in [6.07, 6.45) is 17.7. The molecule has 0 saturated heterocycles. The third kappa shape index (κ3) is 4.82. The van der Waals surface area contributed by atoms with E-state index in [4.69, 9.17) is 0 Å². The minimum Gasteiger partial charge on any atom is -0.121 e. The van der Waals surface area contributed by atoms with Crippen LogP contribution in [0, 0.1) is 0 Å². The summed E-state index contributed by atoms with van der Waals surface area (Å²) in [7, 11) is 0. The molecule has 86 valence electrons. The molecule has 0 nitrogen and oxygen atoms in total. The Kier molecular flexibility index (Phi) is 9.06. The third-order valence-corrected chi connectivity index (χ3v) is 1.92. The Hall–Kier alpha value is -1.52. The SMILES string of the molecule is C1=CC=C2C=CCC=CC2=CC=1.CC.CC. The Morgan fingerprint density at radius 3 is 1.69 bits per heavy atom. The summed E-state index contributed by atoms with van der Waals surface area (Å²) < 4.78 is 0. The minimum atomic E-state index is 1.03. The maximum atomic E-state index is 3.05. The summed E-state index contributed by atoms with van der Waals surface area (Å²) in [5.41, 5.74) is 5.59. The van der Waals surface area contributed by atoms with Crippen molar-refractivity contribution in [1.29, 1.82) is 0 Å². The van der Waals surface area contributed by atoms with Gasteiger partial charge in [-0.15, -0.1) is 5.73 Å². The van der Waals surface area contributed by atoms with Gasteiger partial charge in [0.15, 0.2) is 0 Å². The van der Waals surface area contributed by atoms with Crippen molar-refractivity contribution in [3.05, 3.63) is 65.5 Å². The van der Waals surface area contributed by atoms with Crippen LogP contribution < -0.4 is 0 Å². The van der Waals surface area contributed by atoms with E-state index in [0.29, 0.717) is 0 Å². The van der Waals surface area contributed by atoms with Crippen LogP contribution in [-0.4, -0.2) is 0 Å². The van der Waals surface area contributed by atoms with E-state index in [9.17, 15) is 0 Å².